The van der Waals surface area contributed by atoms with Crippen molar-refractivity contribution in [2.45, 2.75) is 13.1 Å². The van der Waals surface area contributed by atoms with Gasteiger partial charge in [0.25, 0.3) is 0 Å². The quantitative estimate of drug-likeness (QED) is 0.854. The third-order valence-electron chi connectivity index (χ3n) is 2.41. The number of hydrogen-bond donors (Lipinski definition) is 1. The Morgan fingerprint density at radius 2 is 2.16 bits per heavy atom. The lowest BCUT2D eigenvalue weighted by molar-refractivity contribution is -0.172. The Balaban J connectivity index is 1.84. The van der Waals surface area contributed by atoms with Gasteiger partial charge in [-0.15, -0.1) is 0 Å². The molecule has 2 aromatic rings. The first-order chi connectivity index (χ1) is 8.96. The number of fused-ring (bicyclic) bond motifs is 1. The fraction of sp³-hybridized carbons (Fsp3) is 0.417. The number of para-hydroxylation sites is 1. The molecule has 1 aromatic heterocycles. The highest BCUT2D eigenvalue weighted by Crippen LogP contribution is 2.27. The van der Waals surface area contributed by atoms with Crippen molar-refractivity contribution in [2.24, 2.45) is 0 Å². The van der Waals surface area contributed by atoms with Crippen LogP contribution in [0.3, 0.4) is 0 Å². The van der Waals surface area contributed by atoms with Crippen molar-refractivity contribution < 1.29 is 17.9 Å². The number of ether oxygens (including phenoxy) is 1. The molecular weight excluding hydrogens is 277 g/mol. The van der Waals surface area contributed by atoms with Crippen LogP contribution in [-0.4, -0.2) is 30.9 Å². The zero-order valence-corrected chi connectivity index (χ0v) is 11.1. The molecule has 3 nitrogen and oxygen atoms in total. The van der Waals surface area contributed by atoms with Crippen LogP contribution in [0.2, 0.25) is 0 Å². The SMILES string of the molecule is Cc1cccc2sc(NCCOCC(F)(F)F)nc12. The zero-order valence-electron chi connectivity index (χ0n) is 10.3. The summed E-state index contributed by atoms with van der Waals surface area (Å²) in [5.41, 5.74) is 2.00. The van der Waals surface area contributed by atoms with Crippen molar-refractivity contribution in [1.29, 1.82) is 0 Å². The Morgan fingerprint density at radius 3 is 2.84 bits per heavy atom. The maximum absolute atomic E-state index is 11.8. The average molecular weight is 290 g/mol. The highest BCUT2D eigenvalue weighted by molar-refractivity contribution is 7.22. The molecule has 7 heteroatoms. The summed E-state index contributed by atoms with van der Waals surface area (Å²) in [6.45, 7) is 1.05. The van der Waals surface area contributed by atoms with Gasteiger partial charge in [0.1, 0.15) is 6.61 Å². The summed E-state index contributed by atoms with van der Waals surface area (Å²) in [4.78, 5) is 4.39. The number of anilines is 1. The number of hydrogen-bond acceptors (Lipinski definition) is 4. The molecule has 0 saturated carbocycles. The van der Waals surface area contributed by atoms with Gasteiger partial charge in [-0.1, -0.05) is 23.5 Å². The lowest BCUT2D eigenvalue weighted by Crippen LogP contribution is -2.20. The third kappa shape index (κ3) is 4.07. The molecule has 2 rings (SSSR count). The lowest BCUT2D eigenvalue weighted by Gasteiger charge is -2.07. The normalized spacial score (nSPS) is 12.0. The summed E-state index contributed by atoms with van der Waals surface area (Å²) in [5.74, 6) is 0. The van der Waals surface area contributed by atoms with Crippen LogP contribution in [0.5, 0.6) is 0 Å². The summed E-state index contributed by atoms with van der Waals surface area (Å²) in [6, 6.07) is 5.88. The van der Waals surface area contributed by atoms with E-state index < -0.39 is 12.8 Å². The molecule has 0 radical (unpaired) electrons. The van der Waals surface area contributed by atoms with Crippen LogP contribution in [0, 0.1) is 6.92 Å². The summed E-state index contributed by atoms with van der Waals surface area (Å²) >= 11 is 1.48. The molecule has 0 aliphatic rings. The second kappa shape index (κ2) is 5.75. The zero-order chi connectivity index (χ0) is 13.9. The molecule has 0 amide bonds. The highest BCUT2D eigenvalue weighted by atomic mass is 32.1. The number of nitrogens with zero attached hydrogens (tertiary/aromatic N) is 1. The number of alkyl halides is 3. The highest BCUT2D eigenvalue weighted by Gasteiger charge is 2.27. The van der Waals surface area contributed by atoms with E-state index in [9.17, 15) is 13.2 Å². The lowest BCUT2D eigenvalue weighted by atomic mass is 10.2. The van der Waals surface area contributed by atoms with Crippen LogP contribution in [0.1, 0.15) is 5.56 Å². The van der Waals surface area contributed by atoms with Gasteiger partial charge in [-0.3, -0.25) is 0 Å². The predicted octanol–water partition coefficient (Wildman–Crippen LogP) is 3.60. The van der Waals surface area contributed by atoms with Crippen LogP contribution in [0.25, 0.3) is 10.2 Å². The molecule has 1 N–H and O–H groups in total. The fourth-order valence-electron chi connectivity index (χ4n) is 1.58. The number of rotatable bonds is 5. The summed E-state index contributed by atoms with van der Waals surface area (Å²) in [7, 11) is 0. The van der Waals surface area contributed by atoms with Gasteiger partial charge in [0.2, 0.25) is 0 Å². The number of benzene rings is 1. The molecule has 0 fully saturated rings. The maximum Gasteiger partial charge on any atom is 0.411 e. The molecule has 0 aliphatic carbocycles. The van der Waals surface area contributed by atoms with Gasteiger partial charge in [0, 0.05) is 6.54 Å². The molecule has 19 heavy (non-hydrogen) atoms. The van der Waals surface area contributed by atoms with E-state index in [2.05, 4.69) is 15.0 Å². The van der Waals surface area contributed by atoms with Gasteiger partial charge in [-0.05, 0) is 18.6 Å². The topological polar surface area (TPSA) is 34.1 Å². The van der Waals surface area contributed by atoms with E-state index in [0.29, 0.717) is 11.7 Å². The second-order valence-corrected chi connectivity index (χ2v) is 5.07. The van der Waals surface area contributed by atoms with E-state index >= 15 is 0 Å². The smallest absolute Gasteiger partial charge is 0.370 e. The van der Waals surface area contributed by atoms with Gasteiger partial charge in [0.05, 0.1) is 16.8 Å². The average Bonchev–Trinajstić information content (AvgIpc) is 2.71. The van der Waals surface area contributed by atoms with Crippen LogP contribution in [-0.2, 0) is 4.74 Å². The van der Waals surface area contributed by atoms with E-state index in [1.54, 1.807) is 0 Å². The van der Waals surface area contributed by atoms with Gasteiger partial charge in [-0.2, -0.15) is 13.2 Å². The van der Waals surface area contributed by atoms with Gasteiger partial charge in [0.15, 0.2) is 5.13 Å². The molecule has 0 spiro atoms. The molecule has 0 atom stereocenters. The van der Waals surface area contributed by atoms with Crippen molar-refractivity contribution >= 4 is 26.7 Å². The van der Waals surface area contributed by atoms with Gasteiger partial charge in [-0.25, -0.2) is 4.98 Å². The van der Waals surface area contributed by atoms with Crippen molar-refractivity contribution in [3.05, 3.63) is 23.8 Å². The molecule has 0 saturated heterocycles. The predicted molar refractivity (Wildman–Crippen MR) is 69.7 cm³/mol. The molecule has 0 aliphatic heterocycles. The largest absolute Gasteiger partial charge is 0.411 e. The number of aryl methyl sites for hydroxylation is 1. The van der Waals surface area contributed by atoms with E-state index in [1.165, 1.54) is 11.3 Å². The van der Waals surface area contributed by atoms with Crippen LogP contribution in [0.15, 0.2) is 18.2 Å². The minimum absolute atomic E-state index is 0.00554. The number of aromatic nitrogens is 1. The Bertz CT molecular complexity index is 553. The first-order valence-electron chi connectivity index (χ1n) is 5.70. The van der Waals surface area contributed by atoms with Gasteiger partial charge < -0.3 is 10.1 Å². The first-order valence-corrected chi connectivity index (χ1v) is 6.52. The Kier molecular flexibility index (Phi) is 4.26. The molecule has 1 aromatic carbocycles. The van der Waals surface area contributed by atoms with Crippen molar-refractivity contribution in [1.82, 2.24) is 4.98 Å². The fourth-order valence-corrected chi connectivity index (χ4v) is 2.55. The van der Waals surface area contributed by atoms with Crippen LogP contribution < -0.4 is 5.32 Å². The van der Waals surface area contributed by atoms with E-state index in [1.807, 2.05) is 25.1 Å². The standard InChI is InChI=1S/C12H13F3N2OS/c1-8-3-2-4-9-10(8)17-11(19-9)16-5-6-18-7-12(13,14)15/h2-4H,5-7H2,1H3,(H,16,17). The van der Waals surface area contributed by atoms with E-state index in [4.69, 9.17) is 0 Å². The molecule has 0 unspecified atom stereocenters. The third-order valence-corrected chi connectivity index (χ3v) is 3.39. The van der Waals surface area contributed by atoms with Crippen molar-refractivity contribution in [3.63, 3.8) is 0 Å². The van der Waals surface area contributed by atoms with Crippen LogP contribution >= 0.6 is 11.3 Å². The Labute approximate surface area is 112 Å². The Hall–Kier alpha value is -1.34. The minimum atomic E-state index is -4.27. The molecule has 104 valence electrons. The molecule has 0 bridgehead atoms. The number of nitrogens with one attached hydrogen (secondary N) is 1. The molecular formula is C12H13F3N2OS. The maximum atomic E-state index is 11.8. The summed E-state index contributed by atoms with van der Waals surface area (Å²) in [5, 5.41) is 3.66. The van der Waals surface area contributed by atoms with E-state index in [0.717, 1.165) is 15.8 Å². The monoisotopic (exact) mass is 290 g/mol. The van der Waals surface area contributed by atoms with Gasteiger partial charge >= 0.3 is 6.18 Å². The van der Waals surface area contributed by atoms with Crippen LogP contribution in [0.4, 0.5) is 18.3 Å². The number of halogens is 3. The minimum Gasteiger partial charge on any atom is -0.370 e. The second-order valence-electron chi connectivity index (χ2n) is 4.04. The van der Waals surface area contributed by atoms with Crippen molar-refractivity contribution in [3.8, 4) is 0 Å². The first kappa shape index (κ1) is 14.1. The van der Waals surface area contributed by atoms with Crippen molar-refractivity contribution in [2.75, 3.05) is 25.1 Å². The summed E-state index contributed by atoms with van der Waals surface area (Å²) < 4.78 is 41.1. The molecule has 1 heterocycles. The summed E-state index contributed by atoms with van der Waals surface area (Å²) in [6.07, 6.45) is -4.27. The number of thiazole rings is 1. The van der Waals surface area contributed by atoms with E-state index in [-0.39, 0.29) is 6.61 Å². The Morgan fingerprint density at radius 1 is 1.37 bits per heavy atom.